The minimum absolute atomic E-state index is 0.403. The van der Waals surface area contributed by atoms with Gasteiger partial charge in [0.05, 0.1) is 25.3 Å². The van der Waals surface area contributed by atoms with Crippen LogP contribution in [0.2, 0.25) is 0 Å². The molecule has 1 aliphatic rings. The van der Waals surface area contributed by atoms with E-state index in [0.29, 0.717) is 24.2 Å². The van der Waals surface area contributed by atoms with E-state index in [2.05, 4.69) is 34.9 Å². The van der Waals surface area contributed by atoms with Crippen LogP contribution in [0.5, 0.6) is 0 Å². The van der Waals surface area contributed by atoms with E-state index >= 15 is 0 Å². The van der Waals surface area contributed by atoms with Gasteiger partial charge in [-0.3, -0.25) is 0 Å². The molecule has 0 saturated carbocycles. The molecule has 180 valence electrons. The molecule has 2 N–H and O–H groups in total. The summed E-state index contributed by atoms with van der Waals surface area (Å²) in [6.45, 7) is 1.12. The molecule has 0 saturated heterocycles. The number of carbonyl (C=O) groups excluding carboxylic acids is 2. The smallest absolute Gasteiger partial charge is 0.337 e. The van der Waals surface area contributed by atoms with Crippen LogP contribution in [-0.2, 0) is 22.6 Å². The predicted octanol–water partition coefficient (Wildman–Crippen LogP) is 6.13. The molecule has 36 heavy (non-hydrogen) atoms. The number of benzene rings is 4. The second-order valence-electron chi connectivity index (χ2n) is 8.53. The van der Waals surface area contributed by atoms with Gasteiger partial charge in [0.15, 0.2) is 0 Å². The Labute approximate surface area is 209 Å². The maximum atomic E-state index is 12.3. The number of esters is 2. The molecule has 5 rings (SSSR count). The number of carbonyl (C=O) groups is 2. The van der Waals surface area contributed by atoms with Crippen LogP contribution in [0, 0.1) is 0 Å². The lowest BCUT2D eigenvalue weighted by Crippen LogP contribution is -2.10. The van der Waals surface area contributed by atoms with Crippen molar-refractivity contribution in [2.75, 3.05) is 24.9 Å². The molecule has 1 heterocycles. The van der Waals surface area contributed by atoms with Gasteiger partial charge in [-0.25, -0.2) is 9.59 Å². The van der Waals surface area contributed by atoms with E-state index in [1.165, 1.54) is 14.2 Å². The van der Waals surface area contributed by atoms with Gasteiger partial charge in [0.1, 0.15) is 0 Å². The van der Waals surface area contributed by atoms with E-state index in [4.69, 9.17) is 9.47 Å². The van der Waals surface area contributed by atoms with Gasteiger partial charge in [-0.05, 0) is 46.5 Å². The lowest BCUT2D eigenvalue weighted by Gasteiger charge is -2.21. The summed E-state index contributed by atoms with van der Waals surface area (Å²) in [4.78, 5) is 24.6. The van der Waals surface area contributed by atoms with Crippen LogP contribution >= 0.6 is 0 Å². The minimum atomic E-state index is -0.403. The molecule has 0 amide bonds. The summed E-state index contributed by atoms with van der Waals surface area (Å²) in [5, 5.41) is 7.10. The average Bonchev–Trinajstić information content (AvgIpc) is 2.93. The first kappa shape index (κ1) is 23.2. The van der Waals surface area contributed by atoms with E-state index in [-0.39, 0.29) is 0 Å². The summed E-state index contributed by atoms with van der Waals surface area (Å²) in [5.74, 6) is -0.807. The van der Waals surface area contributed by atoms with E-state index < -0.39 is 11.9 Å². The van der Waals surface area contributed by atoms with Crippen molar-refractivity contribution in [1.82, 2.24) is 0 Å². The highest BCUT2D eigenvalue weighted by molar-refractivity contribution is 5.97. The number of anilines is 2. The van der Waals surface area contributed by atoms with Gasteiger partial charge >= 0.3 is 11.9 Å². The van der Waals surface area contributed by atoms with Gasteiger partial charge in [-0.15, -0.1) is 0 Å². The molecule has 0 bridgehead atoms. The molecule has 6 heteroatoms. The summed E-state index contributed by atoms with van der Waals surface area (Å²) in [5.41, 5.74) is 8.83. The topological polar surface area (TPSA) is 76.7 Å². The number of fused-ring (bicyclic) bond motifs is 6. The Morgan fingerprint density at radius 3 is 1.42 bits per heavy atom. The highest BCUT2D eigenvalue weighted by Gasteiger charge is 2.18. The SMILES string of the molecule is COC(=O)c1ccc2c(c1)NCc1ccccc1-c1ccccc1CNc1cc(C(=O)OC)ccc1-2. The third-order valence-corrected chi connectivity index (χ3v) is 6.43. The van der Waals surface area contributed by atoms with Gasteiger partial charge in [0.25, 0.3) is 0 Å². The summed E-state index contributed by atoms with van der Waals surface area (Å²) >= 11 is 0. The number of ether oxygens (including phenoxy) is 2. The Morgan fingerprint density at radius 2 is 1.00 bits per heavy atom. The molecule has 0 aliphatic carbocycles. The molecule has 6 nitrogen and oxygen atoms in total. The molecule has 4 aromatic carbocycles. The number of nitrogens with one attached hydrogen (secondary N) is 2. The molecule has 1 aliphatic heterocycles. The number of hydrogen-bond acceptors (Lipinski definition) is 6. The first-order chi connectivity index (χ1) is 17.6. The number of rotatable bonds is 2. The van der Waals surface area contributed by atoms with Crippen molar-refractivity contribution >= 4 is 23.3 Å². The van der Waals surface area contributed by atoms with Crippen molar-refractivity contribution in [2.45, 2.75) is 13.1 Å². The van der Waals surface area contributed by atoms with Crippen LogP contribution in [0.1, 0.15) is 31.8 Å². The van der Waals surface area contributed by atoms with Crippen LogP contribution in [0.25, 0.3) is 22.3 Å². The second-order valence-corrected chi connectivity index (χ2v) is 8.53. The lowest BCUT2D eigenvalue weighted by molar-refractivity contribution is 0.0592. The summed E-state index contributed by atoms with van der Waals surface area (Å²) in [6.07, 6.45) is 0. The highest BCUT2D eigenvalue weighted by atomic mass is 16.5. The van der Waals surface area contributed by atoms with Gasteiger partial charge in [-0.1, -0.05) is 60.7 Å². The Hall–Kier alpha value is -4.58. The van der Waals surface area contributed by atoms with Crippen LogP contribution < -0.4 is 10.6 Å². The zero-order valence-electron chi connectivity index (χ0n) is 20.1. The zero-order valence-corrected chi connectivity index (χ0v) is 20.1. The maximum absolute atomic E-state index is 12.3. The summed E-state index contributed by atoms with van der Waals surface area (Å²) < 4.78 is 9.91. The third kappa shape index (κ3) is 4.41. The van der Waals surface area contributed by atoms with Crippen LogP contribution in [0.4, 0.5) is 11.4 Å². The van der Waals surface area contributed by atoms with Crippen molar-refractivity contribution in [2.24, 2.45) is 0 Å². The Kier molecular flexibility index (Phi) is 6.41. The monoisotopic (exact) mass is 478 g/mol. The molecule has 4 aromatic rings. The van der Waals surface area contributed by atoms with Gasteiger partial charge in [0, 0.05) is 35.6 Å². The molecule has 0 radical (unpaired) electrons. The molecular formula is C30H26N2O4. The predicted molar refractivity (Wildman–Crippen MR) is 141 cm³/mol. The van der Waals surface area contributed by atoms with E-state index in [1.54, 1.807) is 12.1 Å². The minimum Gasteiger partial charge on any atom is -0.465 e. The van der Waals surface area contributed by atoms with Crippen molar-refractivity contribution in [3.05, 3.63) is 107 Å². The zero-order chi connectivity index (χ0) is 25.1. The quantitative estimate of drug-likeness (QED) is 0.338. The average molecular weight is 479 g/mol. The summed E-state index contributed by atoms with van der Waals surface area (Å²) in [6, 6.07) is 27.5. The van der Waals surface area contributed by atoms with Crippen LogP contribution in [0.15, 0.2) is 84.9 Å². The van der Waals surface area contributed by atoms with Crippen molar-refractivity contribution < 1.29 is 19.1 Å². The molecule has 0 spiro atoms. The fraction of sp³-hybridized carbons (Fsp3) is 0.133. The second kappa shape index (κ2) is 9.96. The summed E-state index contributed by atoms with van der Waals surface area (Å²) in [7, 11) is 2.74. The molecule has 0 aromatic heterocycles. The van der Waals surface area contributed by atoms with E-state index in [9.17, 15) is 9.59 Å². The first-order valence-electron chi connectivity index (χ1n) is 11.7. The Balaban J connectivity index is 1.71. The molecule has 0 fully saturated rings. The van der Waals surface area contributed by atoms with Crippen LogP contribution in [-0.4, -0.2) is 26.2 Å². The highest BCUT2D eigenvalue weighted by Crippen LogP contribution is 2.38. The Bertz CT molecular complexity index is 1350. The van der Waals surface area contributed by atoms with E-state index in [0.717, 1.165) is 44.8 Å². The largest absolute Gasteiger partial charge is 0.465 e. The van der Waals surface area contributed by atoms with Gasteiger partial charge < -0.3 is 20.1 Å². The molecule has 0 atom stereocenters. The third-order valence-electron chi connectivity index (χ3n) is 6.43. The van der Waals surface area contributed by atoms with Gasteiger partial charge in [-0.2, -0.15) is 0 Å². The fourth-order valence-electron chi connectivity index (χ4n) is 4.60. The maximum Gasteiger partial charge on any atom is 0.337 e. The Morgan fingerprint density at radius 1 is 0.583 bits per heavy atom. The first-order valence-corrected chi connectivity index (χ1v) is 11.7. The lowest BCUT2D eigenvalue weighted by atomic mass is 9.93. The number of hydrogen-bond donors (Lipinski definition) is 2. The molecule has 0 unspecified atom stereocenters. The fourth-order valence-corrected chi connectivity index (χ4v) is 4.60. The van der Waals surface area contributed by atoms with Gasteiger partial charge in [0.2, 0.25) is 0 Å². The normalized spacial score (nSPS) is 12.1. The van der Waals surface area contributed by atoms with Crippen molar-refractivity contribution in [3.8, 4) is 22.3 Å². The molecular weight excluding hydrogens is 452 g/mol. The van der Waals surface area contributed by atoms with Crippen molar-refractivity contribution in [1.29, 1.82) is 0 Å². The standard InChI is InChI=1S/C30H26N2O4/c1-35-29(33)19-11-13-25-26-14-12-20(30(34)36-2)16-28(26)32-18-22-8-4-6-10-24(22)23-9-5-3-7-21(23)17-31-27(25)15-19/h3-16,31-32H,17-18H2,1-2H3. The van der Waals surface area contributed by atoms with E-state index in [1.807, 2.05) is 48.5 Å². The van der Waals surface area contributed by atoms with Crippen LogP contribution in [0.3, 0.4) is 0 Å². The van der Waals surface area contributed by atoms with Crippen molar-refractivity contribution in [3.63, 3.8) is 0 Å². The number of methoxy groups -OCH3 is 2.